The normalized spacial score (nSPS) is 14.1. The van der Waals surface area contributed by atoms with Gasteiger partial charge in [0.2, 0.25) is 0 Å². The van der Waals surface area contributed by atoms with Crippen LogP contribution in [0.4, 0.5) is 9.59 Å². The van der Waals surface area contributed by atoms with Crippen molar-refractivity contribution in [3.8, 4) is 0 Å². The quantitative estimate of drug-likeness (QED) is 0.493. The molecule has 0 saturated heterocycles. The van der Waals surface area contributed by atoms with Gasteiger partial charge in [-0.05, 0) is 59.4 Å². The lowest BCUT2D eigenvalue weighted by Gasteiger charge is -2.32. The van der Waals surface area contributed by atoms with Crippen molar-refractivity contribution in [2.24, 2.45) is 5.92 Å². The number of nitrogens with one attached hydrogen (secondary N) is 2. The van der Waals surface area contributed by atoms with E-state index in [1.807, 2.05) is 44.2 Å². The number of aliphatic hydroxyl groups excluding tert-OH is 1. The maximum atomic E-state index is 12.4. The van der Waals surface area contributed by atoms with Crippen molar-refractivity contribution in [2.45, 2.75) is 85.2 Å². The molecule has 182 valence electrons. The number of benzene rings is 1. The molecule has 0 spiro atoms. The van der Waals surface area contributed by atoms with Gasteiger partial charge in [0.05, 0.1) is 12.1 Å². The average molecular weight is 452 g/mol. The lowest BCUT2D eigenvalue weighted by Crippen LogP contribution is -2.55. The number of hydrogen-bond acceptors (Lipinski definition) is 6. The first-order chi connectivity index (χ1) is 14.6. The van der Waals surface area contributed by atoms with Gasteiger partial charge < -0.3 is 19.9 Å². The van der Waals surface area contributed by atoms with E-state index in [9.17, 15) is 14.7 Å². The Morgan fingerprint density at radius 1 is 0.938 bits per heavy atom. The fourth-order valence-corrected chi connectivity index (χ4v) is 3.00. The molecule has 0 unspecified atom stereocenters. The van der Waals surface area contributed by atoms with Crippen LogP contribution in [0.1, 0.15) is 61.0 Å². The molecule has 0 heterocycles. The maximum Gasteiger partial charge on any atom is 0.422 e. The van der Waals surface area contributed by atoms with Gasteiger partial charge in [-0.25, -0.2) is 14.6 Å². The van der Waals surface area contributed by atoms with Crippen molar-refractivity contribution < 1.29 is 24.2 Å². The number of nitrogens with zero attached hydrogens (tertiary/aromatic N) is 1. The summed E-state index contributed by atoms with van der Waals surface area (Å²) in [7, 11) is 0. The van der Waals surface area contributed by atoms with Crippen LogP contribution in [0.3, 0.4) is 0 Å². The SMILES string of the molecule is CC(C)CN(C[C@H](O)[C@H](Cc1ccccc1)NC(=O)OC(C)(C)C)NC(=O)OC(C)(C)C. The molecule has 8 heteroatoms. The van der Waals surface area contributed by atoms with Gasteiger partial charge in [-0.3, -0.25) is 5.43 Å². The van der Waals surface area contributed by atoms with E-state index in [2.05, 4.69) is 10.7 Å². The van der Waals surface area contributed by atoms with Gasteiger partial charge in [-0.15, -0.1) is 0 Å². The number of hydrogen-bond donors (Lipinski definition) is 3. The third-order valence-corrected chi connectivity index (χ3v) is 4.11. The summed E-state index contributed by atoms with van der Waals surface area (Å²) in [5.41, 5.74) is 2.38. The largest absolute Gasteiger partial charge is 0.444 e. The summed E-state index contributed by atoms with van der Waals surface area (Å²) in [6, 6.07) is 8.96. The summed E-state index contributed by atoms with van der Waals surface area (Å²) in [6.45, 7) is 15.3. The van der Waals surface area contributed by atoms with Crippen LogP contribution in [0.5, 0.6) is 0 Å². The summed E-state index contributed by atoms with van der Waals surface area (Å²) < 4.78 is 10.7. The molecule has 0 saturated carbocycles. The van der Waals surface area contributed by atoms with Gasteiger partial charge in [0.25, 0.3) is 0 Å². The van der Waals surface area contributed by atoms with Crippen molar-refractivity contribution in [3.05, 3.63) is 35.9 Å². The number of ether oxygens (including phenoxy) is 2. The van der Waals surface area contributed by atoms with Crippen molar-refractivity contribution in [1.82, 2.24) is 15.8 Å². The van der Waals surface area contributed by atoms with Crippen molar-refractivity contribution in [3.63, 3.8) is 0 Å². The molecule has 0 bridgehead atoms. The fourth-order valence-electron chi connectivity index (χ4n) is 3.00. The Bertz CT molecular complexity index is 711. The van der Waals surface area contributed by atoms with Crippen LogP contribution in [0, 0.1) is 5.92 Å². The van der Waals surface area contributed by atoms with Crippen LogP contribution >= 0.6 is 0 Å². The van der Waals surface area contributed by atoms with Gasteiger partial charge in [0, 0.05) is 13.1 Å². The van der Waals surface area contributed by atoms with E-state index in [4.69, 9.17) is 9.47 Å². The maximum absolute atomic E-state index is 12.4. The van der Waals surface area contributed by atoms with E-state index in [1.165, 1.54) is 0 Å². The summed E-state index contributed by atoms with van der Waals surface area (Å²) in [4.78, 5) is 24.7. The van der Waals surface area contributed by atoms with E-state index >= 15 is 0 Å². The highest BCUT2D eigenvalue weighted by Gasteiger charge is 2.28. The number of hydrazine groups is 1. The molecule has 2 amide bonds. The van der Waals surface area contributed by atoms with Crippen molar-refractivity contribution in [2.75, 3.05) is 13.1 Å². The first kappa shape index (κ1) is 27.7. The minimum Gasteiger partial charge on any atom is -0.444 e. The molecular formula is C24H41N3O5. The average Bonchev–Trinajstić information content (AvgIpc) is 2.58. The molecule has 0 aromatic heterocycles. The Hall–Kier alpha value is -2.32. The summed E-state index contributed by atoms with van der Waals surface area (Å²) in [6.07, 6.45) is -1.77. The van der Waals surface area contributed by atoms with Gasteiger partial charge in [0.1, 0.15) is 11.2 Å². The number of aliphatic hydroxyl groups is 1. The van der Waals surface area contributed by atoms with Gasteiger partial charge in [-0.1, -0.05) is 44.2 Å². The fraction of sp³-hybridized carbons (Fsp3) is 0.667. The molecule has 0 aliphatic heterocycles. The smallest absolute Gasteiger partial charge is 0.422 e. The molecule has 3 N–H and O–H groups in total. The number of amides is 2. The summed E-state index contributed by atoms with van der Waals surface area (Å²) in [5, 5.41) is 15.5. The van der Waals surface area contributed by atoms with Crippen LogP contribution in [-0.2, 0) is 15.9 Å². The first-order valence-electron chi connectivity index (χ1n) is 11.1. The van der Waals surface area contributed by atoms with Crippen LogP contribution in [0.15, 0.2) is 30.3 Å². The van der Waals surface area contributed by atoms with E-state index in [0.29, 0.717) is 13.0 Å². The predicted molar refractivity (Wildman–Crippen MR) is 125 cm³/mol. The highest BCUT2D eigenvalue weighted by Crippen LogP contribution is 2.12. The second-order valence-electron chi connectivity index (χ2n) is 10.4. The molecule has 1 rings (SSSR count). The van der Waals surface area contributed by atoms with E-state index < -0.39 is 35.5 Å². The Balaban J connectivity index is 2.95. The molecular weight excluding hydrogens is 410 g/mol. The Kier molecular flexibility index (Phi) is 10.4. The highest BCUT2D eigenvalue weighted by atomic mass is 16.6. The first-order valence-corrected chi connectivity index (χ1v) is 11.1. The lowest BCUT2D eigenvalue weighted by atomic mass is 10.0. The third-order valence-electron chi connectivity index (χ3n) is 4.11. The molecule has 8 nitrogen and oxygen atoms in total. The molecule has 0 aliphatic carbocycles. The topological polar surface area (TPSA) is 100 Å². The Morgan fingerprint density at radius 3 is 1.97 bits per heavy atom. The zero-order valence-electron chi connectivity index (χ0n) is 20.8. The molecule has 0 radical (unpaired) electrons. The summed E-state index contributed by atoms with van der Waals surface area (Å²) in [5.74, 6) is 0.225. The van der Waals surface area contributed by atoms with Crippen LogP contribution < -0.4 is 10.7 Å². The van der Waals surface area contributed by atoms with Crippen LogP contribution in [0.2, 0.25) is 0 Å². The van der Waals surface area contributed by atoms with E-state index in [0.717, 1.165) is 5.56 Å². The third kappa shape index (κ3) is 12.5. The van der Waals surface area contributed by atoms with Crippen LogP contribution in [-0.4, -0.2) is 58.7 Å². The van der Waals surface area contributed by atoms with Gasteiger partial charge in [0.15, 0.2) is 0 Å². The van der Waals surface area contributed by atoms with Gasteiger partial charge >= 0.3 is 12.2 Å². The molecule has 0 fully saturated rings. The van der Waals surface area contributed by atoms with Crippen molar-refractivity contribution in [1.29, 1.82) is 0 Å². The number of carbonyl (C=O) groups is 2. The monoisotopic (exact) mass is 451 g/mol. The molecule has 1 aromatic carbocycles. The van der Waals surface area contributed by atoms with E-state index in [-0.39, 0.29) is 12.5 Å². The number of alkyl carbamates (subject to hydrolysis) is 1. The van der Waals surface area contributed by atoms with Crippen LogP contribution in [0.25, 0.3) is 0 Å². The molecule has 0 aliphatic rings. The molecule has 32 heavy (non-hydrogen) atoms. The second kappa shape index (κ2) is 12.1. The van der Waals surface area contributed by atoms with Crippen molar-refractivity contribution >= 4 is 12.2 Å². The van der Waals surface area contributed by atoms with Gasteiger partial charge in [-0.2, -0.15) is 0 Å². The zero-order chi connectivity index (χ0) is 24.5. The zero-order valence-corrected chi connectivity index (χ0v) is 20.8. The second-order valence-corrected chi connectivity index (χ2v) is 10.4. The summed E-state index contributed by atoms with van der Waals surface area (Å²) >= 11 is 0. The number of rotatable bonds is 9. The minimum absolute atomic E-state index is 0.102. The molecule has 1 aromatic rings. The Labute approximate surface area is 192 Å². The lowest BCUT2D eigenvalue weighted by molar-refractivity contribution is 0.00998. The van der Waals surface area contributed by atoms with E-state index in [1.54, 1.807) is 46.6 Å². The standard InChI is InChI=1S/C24H41N3O5/c1-17(2)15-27(26-22(30)32-24(6,7)8)16-20(28)19(14-18-12-10-9-11-13-18)25-21(29)31-23(3,4)5/h9-13,17,19-20,28H,14-16H2,1-8H3,(H,25,29)(H,26,30)/t19-,20-/m0/s1. The molecule has 2 atom stereocenters. The number of carbonyl (C=O) groups excluding carboxylic acids is 2. The minimum atomic E-state index is -0.976. The Morgan fingerprint density at radius 2 is 1.47 bits per heavy atom. The highest BCUT2D eigenvalue weighted by molar-refractivity contribution is 5.68. The predicted octanol–water partition coefficient (Wildman–Crippen LogP) is 3.88.